The number of aromatic nitrogens is 1. The standard InChI is InChI=1S/C10H16NO3P/c1-3-13-15(12,14-4-2)9-10-6-5-7-11-8-10/h5-8H,3-4,9H2,1-2H3. The molecule has 0 spiro atoms. The molecule has 0 saturated carbocycles. The quantitative estimate of drug-likeness (QED) is 0.704. The van der Waals surface area contributed by atoms with Gasteiger partial charge in [0.2, 0.25) is 0 Å². The van der Waals surface area contributed by atoms with Crippen LogP contribution in [0.1, 0.15) is 19.4 Å². The number of hydrogen-bond donors (Lipinski definition) is 0. The van der Waals surface area contributed by atoms with Gasteiger partial charge in [0.25, 0.3) is 0 Å². The van der Waals surface area contributed by atoms with E-state index in [0.717, 1.165) is 5.56 Å². The normalized spacial score (nSPS) is 11.6. The Hall–Kier alpha value is -0.700. The Morgan fingerprint density at radius 3 is 2.47 bits per heavy atom. The van der Waals surface area contributed by atoms with Crippen molar-refractivity contribution < 1.29 is 13.6 Å². The van der Waals surface area contributed by atoms with E-state index >= 15 is 0 Å². The van der Waals surface area contributed by atoms with Crippen molar-refractivity contribution in [1.82, 2.24) is 4.98 Å². The predicted molar refractivity (Wildman–Crippen MR) is 58.8 cm³/mol. The minimum Gasteiger partial charge on any atom is -0.309 e. The molecule has 0 radical (unpaired) electrons. The van der Waals surface area contributed by atoms with Crippen LogP contribution in [0.15, 0.2) is 24.5 Å². The second kappa shape index (κ2) is 6.01. The first-order valence-electron chi connectivity index (χ1n) is 4.97. The lowest BCUT2D eigenvalue weighted by Gasteiger charge is -2.16. The fourth-order valence-electron chi connectivity index (χ4n) is 1.24. The zero-order valence-electron chi connectivity index (χ0n) is 9.05. The van der Waals surface area contributed by atoms with Gasteiger partial charge in [-0.05, 0) is 25.5 Å². The molecule has 1 rings (SSSR count). The maximum absolute atomic E-state index is 12.1. The summed E-state index contributed by atoms with van der Waals surface area (Å²) in [6, 6.07) is 3.66. The zero-order valence-corrected chi connectivity index (χ0v) is 9.94. The lowest BCUT2D eigenvalue weighted by Crippen LogP contribution is -1.99. The molecule has 0 N–H and O–H groups in total. The molecule has 0 aliphatic rings. The van der Waals surface area contributed by atoms with Crippen molar-refractivity contribution in [3.63, 3.8) is 0 Å². The Labute approximate surface area is 90.2 Å². The summed E-state index contributed by atoms with van der Waals surface area (Å²) in [5.41, 5.74) is 0.864. The molecule has 0 bridgehead atoms. The summed E-state index contributed by atoms with van der Waals surface area (Å²) in [6.07, 6.45) is 3.63. The molecule has 1 heterocycles. The van der Waals surface area contributed by atoms with Crippen molar-refractivity contribution in [3.8, 4) is 0 Å². The fraction of sp³-hybridized carbons (Fsp3) is 0.500. The SMILES string of the molecule is CCOP(=O)(Cc1cccnc1)OCC. The molecule has 0 aliphatic heterocycles. The summed E-state index contributed by atoms with van der Waals surface area (Å²) in [6.45, 7) is 4.37. The lowest BCUT2D eigenvalue weighted by molar-refractivity contribution is 0.219. The van der Waals surface area contributed by atoms with Crippen LogP contribution in [0.4, 0.5) is 0 Å². The van der Waals surface area contributed by atoms with Crippen LogP contribution in [-0.2, 0) is 19.8 Å². The summed E-state index contributed by atoms with van der Waals surface area (Å²) in [4.78, 5) is 3.96. The van der Waals surface area contributed by atoms with E-state index < -0.39 is 7.60 Å². The van der Waals surface area contributed by atoms with Gasteiger partial charge in [0.05, 0.1) is 19.4 Å². The minimum atomic E-state index is -2.98. The summed E-state index contributed by atoms with van der Waals surface area (Å²) in [7, 11) is -2.98. The first-order valence-corrected chi connectivity index (χ1v) is 6.70. The van der Waals surface area contributed by atoms with Gasteiger partial charge in [-0.25, -0.2) is 0 Å². The third-order valence-electron chi connectivity index (χ3n) is 1.75. The van der Waals surface area contributed by atoms with Gasteiger partial charge >= 0.3 is 7.60 Å². The smallest absolute Gasteiger partial charge is 0.309 e. The minimum absolute atomic E-state index is 0.280. The molecule has 0 amide bonds. The molecule has 0 atom stereocenters. The Bertz CT molecular complexity index is 319. The van der Waals surface area contributed by atoms with Crippen molar-refractivity contribution in [3.05, 3.63) is 30.1 Å². The Kier molecular flexibility index (Phi) is 4.95. The van der Waals surface area contributed by atoms with Gasteiger partial charge in [-0.3, -0.25) is 9.55 Å². The first kappa shape index (κ1) is 12.4. The Morgan fingerprint density at radius 1 is 1.33 bits per heavy atom. The van der Waals surface area contributed by atoms with Gasteiger partial charge in [-0.1, -0.05) is 6.07 Å². The third-order valence-corrected chi connectivity index (χ3v) is 3.81. The van der Waals surface area contributed by atoms with Crippen molar-refractivity contribution in [2.75, 3.05) is 13.2 Å². The highest BCUT2D eigenvalue weighted by Crippen LogP contribution is 2.51. The molecule has 0 aliphatic carbocycles. The summed E-state index contributed by atoms with van der Waals surface area (Å²) in [5, 5.41) is 0. The molecule has 1 aromatic rings. The maximum Gasteiger partial charge on any atom is 0.335 e. The largest absolute Gasteiger partial charge is 0.335 e. The van der Waals surface area contributed by atoms with Crippen molar-refractivity contribution >= 4 is 7.60 Å². The van der Waals surface area contributed by atoms with Gasteiger partial charge in [-0.2, -0.15) is 0 Å². The number of pyridine rings is 1. The number of hydrogen-bond acceptors (Lipinski definition) is 4. The van der Waals surface area contributed by atoms with Crippen molar-refractivity contribution in [2.45, 2.75) is 20.0 Å². The number of rotatable bonds is 6. The van der Waals surface area contributed by atoms with Crippen molar-refractivity contribution in [2.24, 2.45) is 0 Å². The highest BCUT2D eigenvalue weighted by Gasteiger charge is 2.23. The number of nitrogens with zero attached hydrogens (tertiary/aromatic N) is 1. The Morgan fingerprint density at radius 2 is 2.00 bits per heavy atom. The first-order chi connectivity index (χ1) is 7.20. The lowest BCUT2D eigenvalue weighted by atomic mass is 10.3. The molecule has 84 valence electrons. The molecule has 1 aromatic heterocycles. The molecule has 0 unspecified atom stereocenters. The van der Waals surface area contributed by atoms with E-state index in [1.54, 1.807) is 32.3 Å². The summed E-state index contributed by atoms with van der Waals surface area (Å²) >= 11 is 0. The highest BCUT2D eigenvalue weighted by molar-refractivity contribution is 7.53. The second-order valence-corrected chi connectivity index (χ2v) is 5.02. The van der Waals surface area contributed by atoms with Crippen LogP contribution in [0.2, 0.25) is 0 Å². The Balaban J connectivity index is 2.71. The zero-order chi connectivity index (χ0) is 11.1. The van der Waals surface area contributed by atoms with Crippen LogP contribution in [0.25, 0.3) is 0 Å². The van der Waals surface area contributed by atoms with Crippen LogP contribution in [0, 0.1) is 0 Å². The van der Waals surface area contributed by atoms with Gasteiger partial charge in [0.15, 0.2) is 0 Å². The van der Waals surface area contributed by atoms with Gasteiger partial charge in [-0.15, -0.1) is 0 Å². The average molecular weight is 229 g/mol. The molecule has 5 heteroatoms. The average Bonchev–Trinajstić information content (AvgIpc) is 2.19. The van der Waals surface area contributed by atoms with E-state index in [1.807, 2.05) is 6.07 Å². The maximum atomic E-state index is 12.1. The van der Waals surface area contributed by atoms with Gasteiger partial charge in [0, 0.05) is 12.4 Å². The highest BCUT2D eigenvalue weighted by atomic mass is 31.2. The van der Waals surface area contributed by atoms with E-state index in [0.29, 0.717) is 13.2 Å². The molecule has 0 fully saturated rings. The van der Waals surface area contributed by atoms with E-state index in [9.17, 15) is 4.57 Å². The van der Waals surface area contributed by atoms with Crippen LogP contribution >= 0.6 is 7.60 Å². The molecular weight excluding hydrogens is 213 g/mol. The van der Waals surface area contributed by atoms with Crippen LogP contribution in [-0.4, -0.2) is 18.2 Å². The van der Waals surface area contributed by atoms with E-state index in [2.05, 4.69) is 4.98 Å². The van der Waals surface area contributed by atoms with E-state index in [-0.39, 0.29) is 6.16 Å². The fourth-order valence-corrected chi connectivity index (χ4v) is 2.92. The predicted octanol–water partition coefficient (Wildman–Crippen LogP) is 2.85. The monoisotopic (exact) mass is 229 g/mol. The summed E-state index contributed by atoms with van der Waals surface area (Å²) in [5.74, 6) is 0. The summed E-state index contributed by atoms with van der Waals surface area (Å²) < 4.78 is 22.5. The molecule has 15 heavy (non-hydrogen) atoms. The third kappa shape index (κ3) is 4.12. The van der Waals surface area contributed by atoms with Crippen LogP contribution in [0.3, 0.4) is 0 Å². The topological polar surface area (TPSA) is 48.4 Å². The van der Waals surface area contributed by atoms with Crippen LogP contribution in [0.5, 0.6) is 0 Å². The van der Waals surface area contributed by atoms with Crippen molar-refractivity contribution in [1.29, 1.82) is 0 Å². The second-order valence-electron chi connectivity index (χ2n) is 2.97. The van der Waals surface area contributed by atoms with Gasteiger partial charge < -0.3 is 9.05 Å². The molecular formula is C10H16NO3P. The van der Waals surface area contributed by atoms with E-state index in [1.165, 1.54) is 0 Å². The molecule has 4 nitrogen and oxygen atoms in total. The molecule has 0 saturated heterocycles. The van der Waals surface area contributed by atoms with E-state index in [4.69, 9.17) is 9.05 Å². The van der Waals surface area contributed by atoms with Gasteiger partial charge in [0.1, 0.15) is 0 Å². The van der Waals surface area contributed by atoms with Crippen LogP contribution < -0.4 is 0 Å². The molecule has 0 aromatic carbocycles.